The third-order valence-corrected chi connectivity index (χ3v) is 4.89. The normalized spacial score (nSPS) is 12.1. The van der Waals surface area contributed by atoms with Crippen LogP contribution in [0.3, 0.4) is 0 Å². The molecule has 2 heterocycles. The first-order valence-corrected chi connectivity index (χ1v) is 9.39. The summed E-state index contributed by atoms with van der Waals surface area (Å²) in [4.78, 5) is 25.7. The summed E-state index contributed by atoms with van der Waals surface area (Å²) >= 11 is 0. The van der Waals surface area contributed by atoms with Crippen molar-refractivity contribution in [2.75, 3.05) is 6.79 Å². The van der Waals surface area contributed by atoms with Crippen molar-refractivity contribution in [3.8, 4) is 11.5 Å². The Hall–Kier alpha value is -3.81. The van der Waals surface area contributed by atoms with E-state index in [9.17, 15) is 14.9 Å². The molecule has 0 N–H and O–H groups in total. The van der Waals surface area contributed by atoms with E-state index in [0.29, 0.717) is 22.8 Å². The molecule has 4 rings (SSSR count). The number of rotatable bonds is 6. The number of hydrogen-bond acceptors (Lipinski definition) is 6. The second-order valence-electron chi connectivity index (χ2n) is 7.12. The first-order chi connectivity index (χ1) is 14.4. The average molecular weight is 408 g/mol. The fourth-order valence-corrected chi connectivity index (χ4v) is 3.34. The molecule has 0 radical (unpaired) electrons. The molecule has 1 aliphatic rings. The zero-order valence-electron chi connectivity index (χ0n) is 16.6. The molecule has 1 aromatic heterocycles. The van der Waals surface area contributed by atoms with Crippen molar-refractivity contribution in [2.24, 2.45) is 0 Å². The lowest BCUT2D eigenvalue weighted by atomic mass is 10.1. The molecular weight excluding hydrogens is 388 g/mol. The summed E-state index contributed by atoms with van der Waals surface area (Å²) in [7, 11) is 0. The fraction of sp³-hybridized carbons (Fsp3) is 0.227. The van der Waals surface area contributed by atoms with E-state index in [0.717, 1.165) is 11.3 Å². The molecule has 0 unspecified atom stereocenters. The maximum atomic E-state index is 13.3. The Morgan fingerprint density at radius 2 is 1.83 bits per heavy atom. The molecule has 0 bridgehead atoms. The van der Waals surface area contributed by atoms with E-state index in [1.165, 1.54) is 6.07 Å². The van der Waals surface area contributed by atoms with Gasteiger partial charge in [-0.15, -0.1) is 0 Å². The van der Waals surface area contributed by atoms with Crippen LogP contribution in [0.4, 0.5) is 5.69 Å². The second kappa shape index (κ2) is 7.90. The highest BCUT2D eigenvalue weighted by molar-refractivity contribution is 5.95. The number of nitrogens with zero attached hydrogens (tertiary/aromatic N) is 2. The minimum atomic E-state index is -0.482. The van der Waals surface area contributed by atoms with Gasteiger partial charge in [-0.3, -0.25) is 14.9 Å². The Kier molecular flexibility index (Phi) is 5.14. The number of furan rings is 1. The summed E-state index contributed by atoms with van der Waals surface area (Å²) in [5, 5.41) is 11.3. The van der Waals surface area contributed by atoms with Crippen LogP contribution in [0.1, 0.15) is 33.0 Å². The van der Waals surface area contributed by atoms with Gasteiger partial charge in [-0.25, -0.2) is 0 Å². The van der Waals surface area contributed by atoms with Gasteiger partial charge in [-0.05, 0) is 49.7 Å². The van der Waals surface area contributed by atoms with Gasteiger partial charge < -0.3 is 18.8 Å². The van der Waals surface area contributed by atoms with E-state index in [1.807, 2.05) is 31.2 Å². The number of fused-ring (bicyclic) bond motifs is 1. The average Bonchev–Trinajstić information content (AvgIpc) is 3.35. The van der Waals surface area contributed by atoms with Gasteiger partial charge in [0, 0.05) is 23.7 Å². The summed E-state index contributed by atoms with van der Waals surface area (Å²) in [5.41, 5.74) is 1.51. The maximum Gasteiger partial charge on any atom is 0.273 e. The van der Waals surface area contributed by atoms with Crippen LogP contribution in [0.25, 0.3) is 0 Å². The lowest BCUT2D eigenvalue weighted by Gasteiger charge is -2.22. The van der Waals surface area contributed by atoms with E-state index >= 15 is 0 Å². The minimum absolute atomic E-state index is 0.0854. The van der Waals surface area contributed by atoms with Gasteiger partial charge in [0.2, 0.25) is 6.79 Å². The predicted molar refractivity (Wildman–Crippen MR) is 107 cm³/mol. The molecule has 0 fully saturated rings. The van der Waals surface area contributed by atoms with Gasteiger partial charge in [0.05, 0.1) is 11.5 Å². The first kappa shape index (κ1) is 19.5. The Morgan fingerprint density at radius 1 is 1.03 bits per heavy atom. The standard InChI is InChI=1S/C22H20N2O6/c1-14-3-6-17(10-19(14)24(26)27)22(25)23(12-18-7-4-15(2)30-18)11-16-5-8-20-21(9-16)29-13-28-20/h3-10H,11-13H2,1-2H3. The summed E-state index contributed by atoms with van der Waals surface area (Å²) in [5.74, 6) is 2.33. The second-order valence-corrected chi connectivity index (χ2v) is 7.12. The van der Waals surface area contributed by atoms with Gasteiger partial charge in [-0.2, -0.15) is 0 Å². The SMILES string of the molecule is Cc1ccc(CN(Cc2ccc3c(c2)OCO3)C(=O)c2ccc(C)c([N+](=O)[O-])c2)o1. The van der Waals surface area contributed by atoms with E-state index in [2.05, 4.69) is 0 Å². The predicted octanol–water partition coefficient (Wildman–Crippen LogP) is 4.38. The monoisotopic (exact) mass is 408 g/mol. The van der Waals surface area contributed by atoms with E-state index < -0.39 is 4.92 Å². The third kappa shape index (κ3) is 3.98. The van der Waals surface area contributed by atoms with Crippen LogP contribution in [-0.4, -0.2) is 22.5 Å². The maximum absolute atomic E-state index is 13.3. The van der Waals surface area contributed by atoms with E-state index in [-0.39, 0.29) is 37.0 Å². The van der Waals surface area contributed by atoms with Crippen molar-refractivity contribution in [1.82, 2.24) is 4.90 Å². The van der Waals surface area contributed by atoms with Crippen LogP contribution in [0, 0.1) is 24.0 Å². The highest BCUT2D eigenvalue weighted by atomic mass is 16.7. The number of nitro groups is 1. The Labute approximate surface area is 172 Å². The van der Waals surface area contributed by atoms with Crippen molar-refractivity contribution in [1.29, 1.82) is 0 Å². The molecule has 0 saturated carbocycles. The van der Waals surface area contributed by atoms with Crippen molar-refractivity contribution in [2.45, 2.75) is 26.9 Å². The Bertz CT molecular complexity index is 1120. The van der Waals surface area contributed by atoms with Crippen LogP contribution in [-0.2, 0) is 13.1 Å². The van der Waals surface area contributed by atoms with Gasteiger partial charge >= 0.3 is 0 Å². The third-order valence-electron chi connectivity index (χ3n) is 4.89. The van der Waals surface area contributed by atoms with Gasteiger partial charge in [0.1, 0.15) is 11.5 Å². The quantitative estimate of drug-likeness (QED) is 0.444. The number of ether oxygens (including phenoxy) is 2. The molecule has 1 aliphatic heterocycles. The minimum Gasteiger partial charge on any atom is -0.464 e. The van der Waals surface area contributed by atoms with Gasteiger partial charge in [0.25, 0.3) is 11.6 Å². The van der Waals surface area contributed by atoms with Crippen LogP contribution in [0.5, 0.6) is 11.5 Å². The van der Waals surface area contributed by atoms with Crippen molar-refractivity contribution in [3.63, 3.8) is 0 Å². The summed E-state index contributed by atoms with van der Waals surface area (Å²) in [6.45, 7) is 4.14. The number of benzene rings is 2. The summed E-state index contributed by atoms with van der Waals surface area (Å²) < 4.78 is 16.4. The summed E-state index contributed by atoms with van der Waals surface area (Å²) in [6, 6.07) is 13.6. The molecule has 2 aromatic carbocycles. The fourth-order valence-electron chi connectivity index (χ4n) is 3.34. The zero-order valence-corrected chi connectivity index (χ0v) is 16.6. The number of hydrogen-bond donors (Lipinski definition) is 0. The van der Waals surface area contributed by atoms with Crippen molar-refractivity contribution >= 4 is 11.6 Å². The van der Waals surface area contributed by atoms with Crippen LogP contribution < -0.4 is 9.47 Å². The molecule has 30 heavy (non-hydrogen) atoms. The Balaban J connectivity index is 1.65. The number of amides is 1. The smallest absolute Gasteiger partial charge is 0.273 e. The largest absolute Gasteiger partial charge is 0.464 e. The number of carbonyl (C=O) groups excluding carboxylic acids is 1. The van der Waals surface area contributed by atoms with E-state index in [4.69, 9.17) is 13.9 Å². The summed E-state index contributed by atoms with van der Waals surface area (Å²) in [6.07, 6.45) is 0. The molecule has 0 saturated heterocycles. The molecule has 1 amide bonds. The number of aryl methyl sites for hydroxylation is 2. The van der Waals surface area contributed by atoms with Crippen LogP contribution >= 0.6 is 0 Å². The molecule has 3 aromatic rings. The van der Waals surface area contributed by atoms with Crippen LogP contribution in [0.15, 0.2) is 52.9 Å². The highest BCUT2D eigenvalue weighted by Gasteiger charge is 2.22. The Morgan fingerprint density at radius 3 is 2.57 bits per heavy atom. The molecule has 154 valence electrons. The first-order valence-electron chi connectivity index (χ1n) is 9.39. The molecule has 0 spiro atoms. The topological polar surface area (TPSA) is 95.0 Å². The van der Waals surface area contributed by atoms with Gasteiger partial charge in [0.15, 0.2) is 11.5 Å². The number of nitro benzene ring substituents is 1. The number of carbonyl (C=O) groups is 1. The molecular formula is C22H20N2O6. The zero-order chi connectivity index (χ0) is 21.3. The van der Waals surface area contributed by atoms with E-state index in [1.54, 1.807) is 30.0 Å². The van der Waals surface area contributed by atoms with Crippen LogP contribution in [0.2, 0.25) is 0 Å². The molecule has 8 heteroatoms. The molecule has 0 aliphatic carbocycles. The lowest BCUT2D eigenvalue weighted by molar-refractivity contribution is -0.385. The molecule has 0 atom stereocenters. The van der Waals surface area contributed by atoms with Crippen molar-refractivity contribution in [3.05, 3.63) is 86.9 Å². The van der Waals surface area contributed by atoms with Gasteiger partial charge in [-0.1, -0.05) is 12.1 Å². The van der Waals surface area contributed by atoms with Crippen molar-refractivity contribution < 1.29 is 23.6 Å². The highest BCUT2D eigenvalue weighted by Crippen LogP contribution is 2.33. The molecule has 8 nitrogen and oxygen atoms in total. The lowest BCUT2D eigenvalue weighted by Crippen LogP contribution is -2.30.